The smallest absolute Gasteiger partial charge is 0.253 e. The minimum Gasteiger partial charge on any atom is -0.469 e. The Morgan fingerprint density at radius 2 is 2.06 bits per heavy atom. The number of nitrogens with zero attached hydrogens (tertiary/aromatic N) is 5. The van der Waals surface area contributed by atoms with E-state index in [4.69, 9.17) is 9.52 Å². The van der Waals surface area contributed by atoms with Crippen LogP contribution in [0.25, 0.3) is 11.4 Å². The van der Waals surface area contributed by atoms with E-state index in [0.717, 1.165) is 39.0 Å². The SMILES string of the molecule is Cc1occc1-c1nnc(SCC(=O)N2N=C(c3cccs3)CC2c2cccs2)n1C. The van der Waals surface area contributed by atoms with Gasteiger partial charge in [0.1, 0.15) is 5.76 Å². The molecule has 0 saturated heterocycles. The van der Waals surface area contributed by atoms with Crippen molar-refractivity contribution in [1.29, 1.82) is 0 Å². The number of furan rings is 1. The molecule has 5 heterocycles. The maximum absolute atomic E-state index is 13.2. The second kappa shape index (κ2) is 8.45. The third-order valence-corrected chi connectivity index (χ3v) is 8.00. The molecule has 1 aliphatic heterocycles. The van der Waals surface area contributed by atoms with Gasteiger partial charge >= 0.3 is 0 Å². The van der Waals surface area contributed by atoms with E-state index in [9.17, 15) is 4.79 Å². The fourth-order valence-electron chi connectivity index (χ4n) is 3.52. The van der Waals surface area contributed by atoms with Gasteiger partial charge in [0.15, 0.2) is 11.0 Å². The lowest BCUT2D eigenvalue weighted by molar-refractivity contribution is -0.130. The highest BCUT2D eigenvalue weighted by molar-refractivity contribution is 7.99. The second-order valence-corrected chi connectivity index (χ2v) is 9.91. The Balaban J connectivity index is 1.34. The first-order chi connectivity index (χ1) is 15.1. The van der Waals surface area contributed by atoms with Crippen molar-refractivity contribution in [2.45, 2.75) is 24.5 Å². The van der Waals surface area contributed by atoms with Crippen molar-refractivity contribution in [3.63, 3.8) is 0 Å². The van der Waals surface area contributed by atoms with E-state index in [-0.39, 0.29) is 17.7 Å². The summed E-state index contributed by atoms with van der Waals surface area (Å²) in [7, 11) is 1.89. The van der Waals surface area contributed by atoms with Crippen LogP contribution in [0.3, 0.4) is 0 Å². The fourth-order valence-corrected chi connectivity index (χ4v) is 5.82. The van der Waals surface area contributed by atoms with Crippen LogP contribution >= 0.6 is 34.4 Å². The summed E-state index contributed by atoms with van der Waals surface area (Å²) in [6, 6.07) is 9.95. The quantitative estimate of drug-likeness (QED) is 0.372. The first kappa shape index (κ1) is 20.2. The Bertz CT molecular complexity index is 1220. The second-order valence-electron chi connectivity index (χ2n) is 7.04. The third kappa shape index (κ3) is 3.86. The average Bonchev–Trinajstić information content (AvgIpc) is 3.57. The van der Waals surface area contributed by atoms with Crippen LogP contribution in [0.4, 0.5) is 0 Å². The van der Waals surface area contributed by atoms with E-state index >= 15 is 0 Å². The van der Waals surface area contributed by atoms with Crippen molar-refractivity contribution in [2.24, 2.45) is 12.1 Å². The molecule has 0 spiro atoms. The van der Waals surface area contributed by atoms with Crippen molar-refractivity contribution in [2.75, 3.05) is 5.75 Å². The number of thioether (sulfide) groups is 1. The maximum atomic E-state index is 13.2. The molecule has 1 amide bonds. The summed E-state index contributed by atoms with van der Waals surface area (Å²) in [5.74, 6) is 1.70. The highest BCUT2D eigenvalue weighted by atomic mass is 32.2. The zero-order chi connectivity index (χ0) is 21.4. The minimum absolute atomic E-state index is 0.0426. The number of amides is 1. The summed E-state index contributed by atoms with van der Waals surface area (Å²) < 4.78 is 7.26. The van der Waals surface area contributed by atoms with Crippen LogP contribution in [0, 0.1) is 6.92 Å². The van der Waals surface area contributed by atoms with E-state index in [1.807, 2.05) is 47.5 Å². The normalized spacial score (nSPS) is 16.1. The molecule has 4 aromatic rings. The van der Waals surface area contributed by atoms with Gasteiger partial charge in [-0.2, -0.15) is 5.10 Å². The summed E-state index contributed by atoms with van der Waals surface area (Å²) in [4.78, 5) is 15.4. The van der Waals surface area contributed by atoms with E-state index in [0.29, 0.717) is 5.16 Å². The van der Waals surface area contributed by atoms with Gasteiger partial charge in [-0.15, -0.1) is 32.9 Å². The molecule has 158 valence electrons. The average molecular weight is 470 g/mol. The van der Waals surface area contributed by atoms with Crippen LogP contribution in [0.5, 0.6) is 0 Å². The molecule has 0 saturated carbocycles. The Hall–Kier alpha value is -2.69. The molecule has 1 atom stereocenters. The van der Waals surface area contributed by atoms with Crippen LogP contribution in [0.2, 0.25) is 0 Å². The summed E-state index contributed by atoms with van der Waals surface area (Å²) in [6.07, 6.45) is 2.36. The minimum atomic E-state index is -0.0613. The number of rotatable bonds is 6. The van der Waals surface area contributed by atoms with Crippen molar-refractivity contribution in [3.05, 3.63) is 62.9 Å². The summed E-state index contributed by atoms with van der Waals surface area (Å²) in [5, 5.41) is 19.6. The highest BCUT2D eigenvalue weighted by Crippen LogP contribution is 2.36. The molecular weight excluding hydrogens is 450 g/mol. The predicted molar refractivity (Wildman–Crippen MR) is 124 cm³/mol. The lowest BCUT2D eigenvalue weighted by Gasteiger charge is -2.20. The number of aryl methyl sites for hydroxylation is 1. The van der Waals surface area contributed by atoms with Crippen LogP contribution in [-0.2, 0) is 11.8 Å². The molecule has 1 unspecified atom stereocenters. The van der Waals surface area contributed by atoms with Crippen LogP contribution in [0.1, 0.15) is 28.0 Å². The van der Waals surface area contributed by atoms with Crippen LogP contribution in [0.15, 0.2) is 62.0 Å². The molecule has 4 aromatic heterocycles. The van der Waals surface area contributed by atoms with Gasteiger partial charge in [0.2, 0.25) is 0 Å². The van der Waals surface area contributed by atoms with Crippen molar-refractivity contribution < 1.29 is 9.21 Å². The molecule has 7 nitrogen and oxygen atoms in total. The molecule has 10 heteroatoms. The van der Waals surface area contributed by atoms with Gasteiger partial charge in [-0.1, -0.05) is 23.9 Å². The number of hydrogen-bond acceptors (Lipinski definition) is 8. The van der Waals surface area contributed by atoms with E-state index < -0.39 is 0 Å². The number of hydrazone groups is 1. The largest absolute Gasteiger partial charge is 0.469 e. The Morgan fingerprint density at radius 1 is 1.23 bits per heavy atom. The number of carbonyl (C=O) groups is 1. The molecule has 1 aliphatic rings. The van der Waals surface area contributed by atoms with Crippen molar-refractivity contribution in [1.82, 2.24) is 19.8 Å². The van der Waals surface area contributed by atoms with Gasteiger partial charge in [0, 0.05) is 18.3 Å². The number of carbonyl (C=O) groups excluding carboxylic acids is 1. The van der Waals surface area contributed by atoms with Gasteiger partial charge in [0.25, 0.3) is 5.91 Å². The Kier molecular flexibility index (Phi) is 5.51. The molecule has 31 heavy (non-hydrogen) atoms. The number of thiophene rings is 2. The molecule has 0 N–H and O–H groups in total. The van der Waals surface area contributed by atoms with E-state index in [1.165, 1.54) is 11.8 Å². The molecule has 0 fully saturated rings. The van der Waals surface area contributed by atoms with E-state index in [1.54, 1.807) is 33.9 Å². The fraction of sp³-hybridized carbons (Fsp3) is 0.238. The molecule has 0 radical (unpaired) electrons. The van der Waals surface area contributed by atoms with Gasteiger partial charge < -0.3 is 8.98 Å². The zero-order valence-corrected chi connectivity index (χ0v) is 19.3. The molecule has 0 bridgehead atoms. The summed E-state index contributed by atoms with van der Waals surface area (Å²) >= 11 is 4.67. The third-order valence-electron chi connectivity index (χ3n) is 5.10. The standard InChI is InChI=1S/C21H19N5O2S3/c1-13-14(7-8-28-13)20-22-23-21(25(20)2)31-12-19(27)26-16(18-6-4-10-30-18)11-15(24-26)17-5-3-9-29-17/h3-10,16H,11-12H2,1-2H3. The predicted octanol–water partition coefficient (Wildman–Crippen LogP) is 4.98. The Morgan fingerprint density at radius 3 is 2.77 bits per heavy atom. The maximum Gasteiger partial charge on any atom is 0.253 e. The first-order valence-electron chi connectivity index (χ1n) is 9.65. The number of hydrogen-bond donors (Lipinski definition) is 0. The highest BCUT2D eigenvalue weighted by Gasteiger charge is 2.34. The van der Waals surface area contributed by atoms with Gasteiger partial charge in [-0.05, 0) is 35.9 Å². The van der Waals surface area contributed by atoms with Gasteiger partial charge in [-0.25, -0.2) is 5.01 Å². The van der Waals surface area contributed by atoms with Crippen LogP contribution in [-0.4, -0.2) is 37.1 Å². The topological polar surface area (TPSA) is 76.5 Å². The lowest BCUT2D eigenvalue weighted by Crippen LogP contribution is -2.28. The molecule has 5 rings (SSSR count). The van der Waals surface area contributed by atoms with E-state index in [2.05, 4.69) is 22.3 Å². The molecule has 0 aliphatic carbocycles. The van der Waals surface area contributed by atoms with Crippen LogP contribution < -0.4 is 0 Å². The zero-order valence-electron chi connectivity index (χ0n) is 16.9. The molecule has 0 aromatic carbocycles. The van der Waals surface area contributed by atoms with Crippen molar-refractivity contribution in [3.8, 4) is 11.4 Å². The summed E-state index contributed by atoms with van der Waals surface area (Å²) in [6.45, 7) is 1.89. The number of aromatic nitrogens is 3. The monoisotopic (exact) mass is 469 g/mol. The Labute approximate surface area is 191 Å². The molecular formula is C21H19N5O2S3. The van der Waals surface area contributed by atoms with Crippen molar-refractivity contribution >= 4 is 46.1 Å². The summed E-state index contributed by atoms with van der Waals surface area (Å²) in [5.41, 5.74) is 1.86. The lowest BCUT2D eigenvalue weighted by atomic mass is 10.1. The van der Waals surface area contributed by atoms with Gasteiger partial charge in [0.05, 0.1) is 34.2 Å². The first-order valence-corrected chi connectivity index (χ1v) is 12.4. The van der Waals surface area contributed by atoms with Gasteiger partial charge in [-0.3, -0.25) is 4.79 Å².